The van der Waals surface area contributed by atoms with E-state index in [0.717, 1.165) is 36.3 Å². The average Bonchev–Trinajstić information content (AvgIpc) is 3.44. The minimum atomic E-state index is -0.734. The van der Waals surface area contributed by atoms with Gasteiger partial charge in [0.1, 0.15) is 34.8 Å². The highest BCUT2D eigenvalue weighted by molar-refractivity contribution is 9.10. The molecule has 11 heteroatoms. The number of esters is 1. The second-order valence-electron chi connectivity index (χ2n) is 10.4. The lowest BCUT2D eigenvalue weighted by Gasteiger charge is -2.21. The number of anilines is 1. The minimum absolute atomic E-state index is 0.193. The van der Waals surface area contributed by atoms with Crippen LogP contribution in [0.25, 0.3) is 32.0 Å². The maximum atomic E-state index is 13.6. The van der Waals surface area contributed by atoms with Gasteiger partial charge in [-0.2, -0.15) is 0 Å². The summed E-state index contributed by atoms with van der Waals surface area (Å²) in [5, 5.41) is 4.25. The van der Waals surface area contributed by atoms with E-state index in [1.165, 1.54) is 23.5 Å². The maximum absolute atomic E-state index is 13.6. The Morgan fingerprint density at radius 2 is 1.70 bits per heavy atom. The van der Waals surface area contributed by atoms with Gasteiger partial charge in [0, 0.05) is 34.4 Å². The van der Waals surface area contributed by atoms with Crippen LogP contribution in [0.1, 0.15) is 18.2 Å². The molecule has 0 saturated carbocycles. The van der Waals surface area contributed by atoms with Crippen molar-refractivity contribution < 1.29 is 23.4 Å². The molecular weight excluding hydrogens is 683 g/mol. The summed E-state index contributed by atoms with van der Waals surface area (Å²) in [6.45, 7) is 2.21. The van der Waals surface area contributed by atoms with Crippen molar-refractivity contribution >= 4 is 49.1 Å². The van der Waals surface area contributed by atoms with Crippen LogP contribution in [-0.4, -0.2) is 40.7 Å². The first-order valence-electron chi connectivity index (χ1n) is 14.9. The van der Waals surface area contributed by atoms with Crippen molar-refractivity contribution in [3.05, 3.63) is 119 Å². The van der Waals surface area contributed by atoms with E-state index in [0.29, 0.717) is 35.1 Å². The van der Waals surface area contributed by atoms with E-state index in [9.17, 15) is 9.18 Å². The van der Waals surface area contributed by atoms with E-state index >= 15 is 0 Å². The first-order chi connectivity index (χ1) is 22.9. The Kier molecular flexibility index (Phi) is 10.0. The number of nitrogens with one attached hydrogen (secondary N) is 1. The molecule has 0 amide bonds. The molecular formula is C36H30BrFN4O4S. The van der Waals surface area contributed by atoms with Gasteiger partial charge < -0.3 is 19.5 Å². The van der Waals surface area contributed by atoms with Gasteiger partial charge in [-0.1, -0.05) is 42.5 Å². The number of hydrogen-bond donors (Lipinski definition) is 1. The van der Waals surface area contributed by atoms with Crippen molar-refractivity contribution in [1.82, 2.24) is 15.0 Å². The predicted molar refractivity (Wildman–Crippen MR) is 185 cm³/mol. The number of para-hydroxylation sites is 2. The van der Waals surface area contributed by atoms with Crippen LogP contribution in [0, 0.1) is 5.82 Å². The average molecular weight is 714 g/mol. The van der Waals surface area contributed by atoms with Crippen LogP contribution >= 0.6 is 27.3 Å². The predicted octanol–water partition coefficient (Wildman–Crippen LogP) is 8.50. The number of ether oxygens (including phenoxy) is 3. The summed E-state index contributed by atoms with van der Waals surface area (Å²) in [5.74, 6) is 1.14. The van der Waals surface area contributed by atoms with Gasteiger partial charge >= 0.3 is 5.97 Å². The molecule has 3 heterocycles. The number of halogens is 2. The molecule has 1 atom stereocenters. The molecule has 0 aliphatic carbocycles. The molecule has 1 N–H and O–H groups in total. The Hall–Kier alpha value is -4.87. The topological polar surface area (TPSA) is 95.5 Å². The van der Waals surface area contributed by atoms with Crippen LogP contribution in [-0.2, 0) is 22.6 Å². The number of hydrogen-bond acceptors (Lipinski definition) is 9. The van der Waals surface area contributed by atoms with Crippen LogP contribution in [0.3, 0.4) is 0 Å². The lowest BCUT2D eigenvalue weighted by Crippen LogP contribution is -2.33. The minimum Gasteiger partial charge on any atom is -0.496 e. The Morgan fingerprint density at radius 3 is 2.49 bits per heavy atom. The molecule has 3 aromatic heterocycles. The Bertz CT molecular complexity index is 2020. The van der Waals surface area contributed by atoms with Crippen LogP contribution < -0.4 is 14.8 Å². The standard InChI is InChI=1S/C36H30BrFN4O4S/c1-3-45-36(43)28(42-27-17-19-40-35-31(27)32(37)33(47-35)22-12-14-24(38)15-13-22)20-23-8-4-6-10-29(23)46-21-25-16-18-39-34(41-25)26-9-5-7-11-30(26)44-2/h4-19,28H,3,20-21H2,1-2H3,(H,40,42)/t28-/m1/s1. The van der Waals surface area contributed by atoms with Gasteiger partial charge in [0.25, 0.3) is 0 Å². The number of fused-ring (bicyclic) bond motifs is 1. The lowest BCUT2D eigenvalue weighted by atomic mass is 10.0. The SMILES string of the molecule is CCOC(=O)[C@@H](Cc1ccccc1OCc1ccnc(-c2ccccc2OC)n1)Nc1ccnc2sc(-c3ccc(F)cc3)c(Br)c12. The highest BCUT2D eigenvalue weighted by atomic mass is 79.9. The lowest BCUT2D eigenvalue weighted by molar-refractivity contribution is -0.144. The van der Waals surface area contributed by atoms with E-state index in [4.69, 9.17) is 19.2 Å². The van der Waals surface area contributed by atoms with E-state index in [1.54, 1.807) is 44.6 Å². The number of carbonyl (C=O) groups excluding carboxylic acids is 1. The number of thiophene rings is 1. The molecule has 0 bridgehead atoms. The van der Waals surface area contributed by atoms with Gasteiger partial charge in [0.05, 0.1) is 29.9 Å². The number of nitrogens with zero attached hydrogens (tertiary/aromatic N) is 3. The zero-order valence-corrected chi connectivity index (χ0v) is 28.0. The van der Waals surface area contributed by atoms with Crippen molar-refractivity contribution in [2.75, 3.05) is 19.0 Å². The summed E-state index contributed by atoms with van der Waals surface area (Å²) in [6.07, 6.45) is 3.68. The van der Waals surface area contributed by atoms with Gasteiger partial charge in [0.15, 0.2) is 5.82 Å². The second kappa shape index (κ2) is 14.7. The molecule has 0 unspecified atom stereocenters. The van der Waals surface area contributed by atoms with Crippen molar-refractivity contribution in [3.63, 3.8) is 0 Å². The molecule has 0 radical (unpaired) electrons. The zero-order chi connectivity index (χ0) is 32.8. The molecule has 8 nitrogen and oxygen atoms in total. The van der Waals surface area contributed by atoms with Crippen molar-refractivity contribution in [1.29, 1.82) is 0 Å². The summed E-state index contributed by atoms with van der Waals surface area (Å²) in [4.78, 5) is 28.7. The molecule has 0 fully saturated rings. The highest BCUT2D eigenvalue weighted by Gasteiger charge is 2.25. The fourth-order valence-electron chi connectivity index (χ4n) is 5.14. The molecule has 3 aromatic carbocycles. The van der Waals surface area contributed by atoms with Crippen LogP contribution in [0.5, 0.6) is 11.5 Å². The third kappa shape index (κ3) is 7.26. The van der Waals surface area contributed by atoms with Crippen molar-refractivity contribution in [2.45, 2.75) is 26.0 Å². The second-order valence-corrected chi connectivity index (χ2v) is 12.2. The van der Waals surface area contributed by atoms with E-state index in [1.807, 2.05) is 54.6 Å². The summed E-state index contributed by atoms with van der Waals surface area (Å²) in [6, 6.07) is 24.4. The Labute approximate surface area is 283 Å². The van der Waals surface area contributed by atoms with Gasteiger partial charge in [0.2, 0.25) is 0 Å². The van der Waals surface area contributed by atoms with Crippen LogP contribution in [0.4, 0.5) is 10.1 Å². The van der Waals surface area contributed by atoms with Gasteiger partial charge in [-0.25, -0.2) is 24.1 Å². The Morgan fingerprint density at radius 1 is 0.957 bits per heavy atom. The first-order valence-corrected chi connectivity index (χ1v) is 16.5. The third-order valence-corrected chi connectivity index (χ3v) is 9.58. The number of carbonyl (C=O) groups is 1. The summed E-state index contributed by atoms with van der Waals surface area (Å²) in [5.41, 5.74) is 3.87. The number of rotatable bonds is 12. The largest absolute Gasteiger partial charge is 0.496 e. The normalized spacial score (nSPS) is 11.7. The molecule has 0 saturated heterocycles. The van der Waals surface area contributed by atoms with E-state index in [2.05, 4.69) is 31.2 Å². The molecule has 238 valence electrons. The van der Waals surface area contributed by atoms with Gasteiger partial charge in [-0.15, -0.1) is 11.3 Å². The summed E-state index contributed by atoms with van der Waals surface area (Å²) < 4.78 is 31.7. The molecule has 6 rings (SSSR count). The molecule has 6 aromatic rings. The fraction of sp³-hybridized carbons (Fsp3) is 0.167. The fourth-order valence-corrected chi connectivity index (χ4v) is 7.21. The molecule has 0 aliphatic rings. The van der Waals surface area contributed by atoms with Crippen LogP contribution in [0.2, 0.25) is 0 Å². The molecule has 47 heavy (non-hydrogen) atoms. The van der Waals surface area contributed by atoms with E-state index < -0.39 is 12.0 Å². The zero-order valence-electron chi connectivity index (χ0n) is 25.6. The van der Waals surface area contributed by atoms with Crippen LogP contribution in [0.15, 0.2) is 102 Å². The number of aromatic nitrogens is 3. The van der Waals surface area contributed by atoms with Gasteiger partial charge in [-0.05, 0) is 76.4 Å². The van der Waals surface area contributed by atoms with Crippen molar-refractivity contribution in [2.24, 2.45) is 0 Å². The summed E-state index contributed by atoms with van der Waals surface area (Å²) in [7, 11) is 1.61. The smallest absolute Gasteiger partial charge is 0.328 e. The Balaban J connectivity index is 1.25. The monoisotopic (exact) mass is 712 g/mol. The van der Waals surface area contributed by atoms with E-state index in [-0.39, 0.29) is 19.0 Å². The molecule has 0 aliphatic heterocycles. The highest BCUT2D eigenvalue weighted by Crippen LogP contribution is 2.44. The molecule has 0 spiro atoms. The maximum Gasteiger partial charge on any atom is 0.328 e. The first kappa shape index (κ1) is 32.1. The number of pyridine rings is 1. The number of benzene rings is 3. The summed E-state index contributed by atoms with van der Waals surface area (Å²) >= 11 is 5.23. The van der Waals surface area contributed by atoms with Crippen molar-refractivity contribution in [3.8, 4) is 33.3 Å². The quantitative estimate of drug-likeness (QED) is 0.126. The number of methoxy groups -OCH3 is 1. The third-order valence-electron chi connectivity index (χ3n) is 7.37. The van der Waals surface area contributed by atoms with Gasteiger partial charge in [-0.3, -0.25) is 0 Å².